The van der Waals surface area contributed by atoms with Crippen LogP contribution in [0.2, 0.25) is 0 Å². The zero-order valence-electron chi connectivity index (χ0n) is 9.86. The Morgan fingerprint density at radius 2 is 2.18 bits per heavy atom. The number of hydrogen-bond acceptors (Lipinski definition) is 4. The van der Waals surface area contributed by atoms with Crippen molar-refractivity contribution in [1.29, 1.82) is 0 Å². The lowest BCUT2D eigenvalue weighted by atomic mass is 9.98. The van der Waals surface area contributed by atoms with E-state index in [0.717, 1.165) is 23.3 Å². The van der Waals surface area contributed by atoms with E-state index < -0.39 is 0 Å². The topological polar surface area (TPSA) is 61.3 Å². The molecule has 17 heavy (non-hydrogen) atoms. The third kappa shape index (κ3) is 1.65. The van der Waals surface area contributed by atoms with Gasteiger partial charge >= 0.3 is 0 Å². The fraction of sp³-hybridized carbons (Fsp3) is 0.308. The molecule has 4 heteroatoms. The molecule has 0 unspecified atom stereocenters. The molecule has 2 heterocycles. The SMILES string of the molecule is CC1(C)Cc2cc(-c3cnoc3N)ccc2O1. The first-order chi connectivity index (χ1) is 8.05. The predicted octanol–water partition coefficient (Wildman–Crippen LogP) is 2.64. The van der Waals surface area contributed by atoms with Crippen molar-refractivity contribution in [2.45, 2.75) is 25.9 Å². The molecule has 0 fully saturated rings. The highest BCUT2D eigenvalue weighted by Crippen LogP contribution is 2.38. The summed E-state index contributed by atoms with van der Waals surface area (Å²) in [6, 6.07) is 6.04. The van der Waals surface area contributed by atoms with Gasteiger partial charge in [-0.1, -0.05) is 11.2 Å². The summed E-state index contributed by atoms with van der Waals surface area (Å²) in [7, 11) is 0. The van der Waals surface area contributed by atoms with Gasteiger partial charge in [-0.25, -0.2) is 0 Å². The number of nitrogens with zero attached hydrogens (tertiary/aromatic N) is 1. The van der Waals surface area contributed by atoms with Crippen LogP contribution in [0.4, 0.5) is 5.88 Å². The third-order valence-corrected chi connectivity index (χ3v) is 2.97. The Labute approximate surface area is 99.4 Å². The highest BCUT2D eigenvalue weighted by atomic mass is 16.5. The summed E-state index contributed by atoms with van der Waals surface area (Å²) in [5.74, 6) is 1.30. The van der Waals surface area contributed by atoms with Gasteiger partial charge in [0.25, 0.3) is 0 Å². The van der Waals surface area contributed by atoms with Crippen molar-refractivity contribution < 1.29 is 9.26 Å². The Balaban J connectivity index is 2.05. The lowest BCUT2D eigenvalue weighted by Crippen LogP contribution is -2.24. The minimum atomic E-state index is -0.124. The van der Waals surface area contributed by atoms with Gasteiger partial charge in [0.15, 0.2) is 0 Å². The van der Waals surface area contributed by atoms with Crippen molar-refractivity contribution in [3.63, 3.8) is 0 Å². The summed E-state index contributed by atoms with van der Waals surface area (Å²) in [6.45, 7) is 4.17. The molecule has 2 N–H and O–H groups in total. The molecule has 3 rings (SSSR count). The average Bonchev–Trinajstić information content (AvgIpc) is 2.78. The minimum Gasteiger partial charge on any atom is -0.487 e. The molecule has 0 radical (unpaired) electrons. The van der Waals surface area contributed by atoms with Gasteiger partial charge in [0.1, 0.15) is 11.4 Å². The second-order valence-corrected chi connectivity index (χ2v) is 4.96. The molecule has 0 saturated heterocycles. The van der Waals surface area contributed by atoms with E-state index in [1.54, 1.807) is 6.20 Å². The number of rotatable bonds is 1. The minimum absolute atomic E-state index is 0.124. The standard InChI is InChI=1S/C13H14N2O2/c1-13(2)6-9-5-8(3-4-11(9)16-13)10-7-15-17-12(10)14/h3-5,7H,6,14H2,1-2H3. The summed E-state index contributed by atoms with van der Waals surface area (Å²) < 4.78 is 10.7. The molecule has 1 aromatic heterocycles. The molecule has 0 atom stereocenters. The molecule has 1 aliphatic heterocycles. The predicted molar refractivity (Wildman–Crippen MR) is 64.8 cm³/mol. The average molecular weight is 230 g/mol. The lowest BCUT2D eigenvalue weighted by Gasteiger charge is -2.16. The fourth-order valence-corrected chi connectivity index (χ4v) is 2.24. The molecule has 2 aromatic rings. The number of aromatic nitrogens is 1. The number of anilines is 1. The zero-order valence-corrected chi connectivity index (χ0v) is 9.86. The van der Waals surface area contributed by atoms with E-state index in [-0.39, 0.29) is 5.60 Å². The maximum atomic E-state index is 5.83. The van der Waals surface area contributed by atoms with Crippen LogP contribution in [0.3, 0.4) is 0 Å². The molecule has 0 saturated carbocycles. The lowest BCUT2D eigenvalue weighted by molar-refractivity contribution is 0.138. The van der Waals surface area contributed by atoms with Gasteiger partial charge in [0.05, 0.1) is 11.8 Å². The summed E-state index contributed by atoms with van der Waals surface area (Å²) in [4.78, 5) is 0. The molecule has 4 nitrogen and oxygen atoms in total. The zero-order chi connectivity index (χ0) is 12.0. The quantitative estimate of drug-likeness (QED) is 0.818. The second kappa shape index (κ2) is 3.26. The van der Waals surface area contributed by atoms with Crippen LogP contribution < -0.4 is 10.5 Å². The van der Waals surface area contributed by atoms with Crippen LogP contribution >= 0.6 is 0 Å². The highest BCUT2D eigenvalue weighted by Gasteiger charge is 2.30. The molecule has 0 aliphatic carbocycles. The molecule has 0 bridgehead atoms. The number of ether oxygens (including phenoxy) is 1. The molecule has 88 valence electrons. The van der Waals surface area contributed by atoms with Crippen LogP contribution in [0.5, 0.6) is 5.75 Å². The van der Waals surface area contributed by atoms with Crippen molar-refractivity contribution in [3.8, 4) is 16.9 Å². The summed E-state index contributed by atoms with van der Waals surface area (Å²) in [5.41, 5.74) is 8.64. The van der Waals surface area contributed by atoms with Gasteiger partial charge in [-0.2, -0.15) is 0 Å². The van der Waals surface area contributed by atoms with Crippen LogP contribution in [0.25, 0.3) is 11.1 Å². The third-order valence-electron chi connectivity index (χ3n) is 2.97. The number of fused-ring (bicyclic) bond motifs is 1. The Kier molecular flexibility index (Phi) is 1.96. The van der Waals surface area contributed by atoms with Gasteiger partial charge in [-0.15, -0.1) is 0 Å². The van der Waals surface area contributed by atoms with E-state index in [2.05, 4.69) is 25.1 Å². The summed E-state index contributed by atoms with van der Waals surface area (Å²) >= 11 is 0. The van der Waals surface area contributed by atoms with Crippen molar-refractivity contribution in [1.82, 2.24) is 5.16 Å². The molecule has 0 spiro atoms. The van der Waals surface area contributed by atoms with Crippen molar-refractivity contribution >= 4 is 5.88 Å². The molecule has 0 amide bonds. The van der Waals surface area contributed by atoms with Crippen LogP contribution in [0.1, 0.15) is 19.4 Å². The molecule has 1 aliphatic rings. The number of hydrogen-bond donors (Lipinski definition) is 1. The molecular formula is C13H14N2O2. The van der Waals surface area contributed by atoms with E-state index in [4.69, 9.17) is 15.0 Å². The van der Waals surface area contributed by atoms with Gasteiger partial charge in [-0.05, 0) is 37.1 Å². The number of benzene rings is 1. The first kappa shape index (κ1) is 10.2. The number of nitrogens with two attached hydrogens (primary N) is 1. The van der Waals surface area contributed by atoms with Gasteiger partial charge in [0.2, 0.25) is 5.88 Å². The smallest absolute Gasteiger partial charge is 0.229 e. The Morgan fingerprint density at radius 3 is 2.88 bits per heavy atom. The Hall–Kier alpha value is -1.97. The van der Waals surface area contributed by atoms with Crippen LogP contribution in [0, 0.1) is 0 Å². The van der Waals surface area contributed by atoms with Crippen molar-refractivity contribution in [2.24, 2.45) is 0 Å². The van der Waals surface area contributed by atoms with Crippen LogP contribution in [-0.2, 0) is 6.42 Å². The van der Waals surface area contributed by atoms with E-state index in [1.807, 2.05) is 12.1 Å². The Bertz CT molecular complexity index is 573. The Morgan fingerprint density at radius 1 is 1.35 bits per heavy atom. The van der Waals surface area contributed by atoms with Crippen molar-refractivity contribution in [2.75, 3.05) is 5.73 Å². The first-order valence-corrected chi connectivity index (χ1v) is 5.58. The van der Waals surface area contributed by atoms with Crippen LogP contribution in [0.15, 0.2) is 28.9 Å². The monoisotopic (exact) mass is 230 g/mol. The van der Waals surface area contributed by atoms with Gasteiger partial charge in [0, 0.05) is 6.42 Å². The van der Waals surface area contributed by atoms with Crippen LogP contribution in [-0.4, -0.2) is 10.8 Å². The van der Waals surface area contributed by atoms with Crippen molar-refractivity contribution in [3.05, 3.63) is 30.0 Å². The largest absolute Gasteiger partial charge is 0.487 e. The summed E-state index contributed by atoms with van der Waals surface area (Å²) in [5, 5.41) is 3.69. The van der Waals surface area contributed by atoms with E-state index in [0.29, 0.717) is 5.88 Å². The van der Waals surface area contributed by atoms with E-state index in [1.165, 1.54) is 5.56 Å². The molecular weight excluding hydrogens is 216 g/mol. The van der Waals surface area contributed by atoms with Gasteiger partial charge < -0.3 is 15.0 Å². The highest BCUT2D eigenvalue weighted by molar-refractivity contribution is 5.73. The van der Waals surface area contributed by atoms with E-state index >= 15 is 0 Å². The maximum absolute atomic E-state index is 5.83. The normalized spacial score (nSPS) is 16.6. The first-order valence-electron chi connectivity index (χ1n) is 5.58. The second-order valence-electron chi connectivity index (χ2n) is 4.96. The number of nitrogen functional groups attached to an aromatic ring is 1. The van der Waals surface area contributed by atoms with E-state index in [9.17, 15) is 0 Å². The summed E-state index contributed by atoms with van der Waals surface area (Å²) in [6.07, 6.45) is 2.54. The molecule has 1 aromatic carbocycles. The fourth-order valence-electron chi connectivity index (χ4n) is 2.24. The maximum Gasteiger partial charge on any atom is 0.229 e. The van der Waals surface area contributed by atoms with Gasteiger partial charge in [-0.3, -0.25) is 0 Å².